The SMILES string of the molecule is Cn1c(-c2ccc3ccccc3c2)nc2oc(C=C3C(=O)c4cc5ccccc5cc4C3=O)cc21. The van der Waals surface area contributed by atoms with Crippen LogP contribution >= 0.6 is 0 Å². The Morgan fingerprint density at radius 2 is 1.34 bits per heavy atom. The number of aryl methyl sites for hydroxylation is 1. The third-order valence-electron chi connectivity index (χ3n) is 6.76. The molecule has 1 aliphatic rings. The van der Waals surface area contributed by atoms with E-state index in [2.05, 4.69) is 24.3 Å². The van der Waals surface area contributed by atoms with Gasteiger partial charge in [-0.1, -0.05) is 60.7 Å². The third kappa shape index (κ3) is 2.91. The molecule has 4 aromatic carbocycles. The van der Waals surface area contributed by atoms with Crippen molar-refractivity contribution < 1.29 is 14.0 Å². The molecule has 0 bridgehead atoms. The lowest BCUT2D eigenvalue weighted by Crippen LogP contribution is -1.99. The van der Waals surface area contributed by atoms with E-state index < -0.39 is 0 Å². The first-order chi connectivity index (χ1) is 17.1. The lowest BCUT2D eigenvalue weighted by molar-refractivity contribution is 0.0990. The van der Waals surface area contributed by atoms with Crippen molar-refractivity contribution in [2.45, 2.75) is 0 Å². The topological polar surface area (TPSA) is 65.1 Å². The van der Waals surface area contributed by atoms with E-state index in [0.29, 0.717) is 22.6 Å². The smallest absolute Gasteiger partial charge is 0.245 e. The Morgan fingerprint density at radius 1 is 0.743 bits per heavy atom. The van der Waals surface area contributed by atoms with E-state index >= 15 is 0 Å². The van der Waals surface area contributed by atoms with Crippen molar-refractivity contribution >= 4 is 50.4 Å². The Bertz CT molecular complexity index is 1850. The highest BCUT2D eigenvalue weighted by Crippen LogP contribution is 2.33. The molecule has 0 N–H and O–H groups in total. The fourth-order valence-electron chi connectivity index (χ4n) is 4.94. The minimum Gasteiger partial charge on any atom is -0.437 e. The summed E-state index contributed by atoms with van der Waals surface area (Å²) in [6.07, 6.45) is 1.53. The maximum atomic E-state index is 13.1. The second kappa shape index (κ2) is 7.11. The van der Waals surface area contributed by atoms with Crippen LogP contribution in [0.2, 0.25) is 0 Å². The van der Waals surface area contributed by atoms with Crippen LogP contribution in [-0.4, -0.2) is 21.1 Å². The van der Waals surface area contributed by atoms with Crippen molar-refractivity contribution in [2.75, 3.05) is 0 Å². The van der Waals surface area contributed by atoms with Crippen LogP contribution in [0.25, 0.3) is 50.2 Å². The zero-order chi connectivity index (χ0) is 23.7. The summed E-state index contributed by atoms with van der Waals surface area (Å²) in [5, 5.41) is 4.17. The van der Waals surface area contributed by atoms with Crippen LogP contribution in [-0.2, 0) is 7.05 Å². The van der Waals surface area contributed by atoms with E-state index in [0.717, 1.165) is 33.1 Å². The molecule has 166 valence electrons. The molecule has 6 aromatic rings. The molecule has 1 aliphatic carbocycles. The van der Waals surface area contributed by atoms with Crippen molar-refractivity contribution in [1.29, 1.82) is 0 Å². The van der Waals surface area contributed by atoms with Gasteiger partial charge in [0, 0.05) is 29.8 Å². The predicted molar refractivity (Wildman–Crippen MR) is 137 cm³/mol. The van der Waals surface area contributed by atoms with E-state index in [1.165, 1.54) is 11.5 Å². The molecular formula is C30H18N2O3. The zero-order valence-electron chi connectivity index (χ0n) is 18.8. The van der Waals surface area contributed by atoms with Crippen LogP contribution < -0.4 is 0 Å². The number of furan rings is 1. The number of allylic oxidation sites excluding steroid dienone is 1. The summed E-state index contributed by atoms with van der Waals surface area (Å²) in [7, 11) is 1.93. The average molecular weight is 454 g/mol. The van der Waals surface area contributed by atoms with Crippen molar-refractivity contribution in [3.8, 4) is 11.4 Å². The van der Waals surface area contributed by atoms with Crippen LogP contribution in [0.5, 0.6) is 0 Å². The fraction of sp³-hybridized carbons (Fsp3) is 0.0333. The Hall–Kier alpha value is -4.77. The summed E-state index contributed by atoms with van der Waals surface area (Å²) in [6, 6.07) is 27.5. The standard InChI is InChI=1S/C30H18N2O3/c1-32-26-16-22(35-30(26)31-29(32)21-11-10-17-6-2-3-7-18(17)12-21)15-25-27(33)23-13-19-8-4-5-9-20(19)14-24(23)28(25)34/h2-16H,1H3. The van der Waals surface area contributed by atoms with Gasteiger partial charge in [0.05, 0.1) is 5.57 Å². The fourth-order valence-corrected chi connectivity index (χ4v) is 4.94. The second-order valence-electron chi connectivity index (χ2n) is 8.86. The molecule has 5 heteroatoms. The minimum absolute atomic E-state index is 0.115. The van der Waals surface area contributed by atoms with Gasteiger partial charge in [-0.2, -0.15) is 4.98 Å². The molecule has 0 unspecified atom stereocenters. The number of carbonyl (C=O) groups is 2. The van der Waals surface area contributed by atoms with Crippen molar-refractivity contribution in [3.63, 3.8) is 0 Å². The molecule has 0 fully saturated rings. The number of imidazole rings is 1. The molecule has 2 heterocycles. The van der Waals surface area contributed by atoms with Crippen LogP contribution in [0, 0.1) is 0 Å². The van der Waals surface area contributed by atoms with Gasteiger partial charge in [0.1, 0.15) is 17.1 Å². The van der Waals surface area contributed by atoms with Crippen LogP contribution in [0.15, 0.2) is 94.9 Å². The summed E-state index contributed by atoms with van der Waals surface area (Å²) in [4.78, 5) is 30.8. The van der Waals surface area contributed by atoms with Gasteiger partial charge in [-0.15, -0.1) is 0 Å². The molecule has 0 spiro atoms. The lowest BCUT2D eigenvalue weighted by atomic mass is 10.0. The van der Waals surface area contributed by atoms with Gasteiger partial charge in [0.15, 0.2) is 11.6 Å². The number of ketones is 2. The maximum Gasteiger partial charge on any atom is 0.245 e. The van der Waals surface area contributed by atoms with E-state index in [1.807, 2.05) is 60.1 Å². The molecule has 2 aromatic heterocycles. The highest BCUT2D eigenvalue weighted by atomic mass is 16.3. The number of hydrogen-bond donors (Lipinski definition) is 0. The lowest BCUT2D eigenvalue weighted by Gasteiger charge is -2.04. The van der Waals surface area contributed by atoms with Gasteiger partial charge in [0.25, 0.3) is 0 Å². The number of nitrogens with zero attached hydrogens (tertiary/aromatic N) is 2. The second-order valence-corrected chi connectivity index (χ2v) is 8.86. The molecule has 0 amide bonds. The van der Waals surface area contributed by atoms with E-state index in [1.54, 1.807) is 12.1 Å². The third-order valence-corrected chi connectivity index (χ3v) is 6.76. The first-order valence-corrected chi connectivity index (χ1v) is 11.4. The number of hydrogen-bond acceptors (Lipinski definition) is 4. The molecule has 0 aliphatic heterocycles. The van der Waals surface area contributed by atoms with Crippen molar-refractivity contribution in [3.05, 3.63) is 107 Å². The molecule has 0 saturated heterocycles. The first kappa shape index (κ1) is 19.7. The van der Waals surface area contributed by atoms with Gasteiger partial charge in [-0.25, -0.2) is 0 Å². The highest BCUT2D eigenvalue weighted by Gasteiger charge is 2.33. The van der Waals surface area contributed by atoms with E-state index in [9.17, 15) is 9.59 Å². The highest BCUT2D eigenvalue weighted by molar-refractivity contribution is 6.42. The minimum atomic E-state index is -0.277. The Balaban J connectivity index is 1.28. The summed E-state index contributed by atoms with van der Waals surface area (Å²) in [6.45, 7) is 0. The number of rotatable bonds is 2. The zero-order valence-corrected chi connectivity index (χ0v) is 18.8. The van der Waals surface area contributed by atoms with Crippen LogP contribution in [0.1, 0.15) is 26.5 Å². The number of aromatic nitrogens is 2. The van der Waals surface area contributed by atoms with Crippen molar-refractivity contribution in [2.24, 2.45) is 7.05 Å². The Morgan fingerprint density at radius 3 is 1.97 bits per heavy atom. The van der Waals surface area contributed by atoms with Gasteiger partial charge in [-0.05, 0) is 45.8 Å². The summed E-state index contributed by atoms with van der Waals surface area (Å²) >= 11 is 0. The molecule has 7 rings (SSSR count). The number of benzene rings is 4. The van der Waals surface area contributed by atoms with Gasteiger partial charge in [0.2, 0.25) is 5.71 Å². The van der Waals surface area contributed by atoms with Gasteiger partial charge >= 0.3 is 0 Å². The normalized spacial score (nSPS) is 13.3. The molecule has 5 nitrogen and oxygen atoms in total. The molecular weight excluding hydrogens is 436 g/mol. The molecule has 0 radical (unpaired) electrons. The first-order valence-electron chi connectivity index (χ1n) is 11.4. The van der Waals surface area contributed by atoms with Gasteiger partial charge in [-0.3, -0.25) is 9.59 Å². The Labute approximate surface area is 199 Å². The van der Waals surface area contributed by atoms with Crippen LogP contribution in [0.4, 0.5) is 0 Å². The summed E-state index contributed by atoms with van der Waals surface area (Å²) in [5.74, 6) is 0.662. The van der Waals surface area contributed by atoms with Gasteiger partial charge < -0.3 is 8.98 Å². The van der Waals surface area contributed by atoms with E-state index in [4.69, 9.17) is 9.40 Å². The number of carbonyl (C=O) groups excluding carboxylic acids is 2. The number of Topliss-reactive ketones (excluding diaryl/α,β-unsaturated/α-hetero) is 2. The largest absolute Gasteiger partial charge is 0.437 e. The summed E-state index contributed by atoms with van der Waals surface area (Å²) < 4.78 is 7.92. The molecule has 35 heavy (non-hydrogen) atoms. The monoisotopic (exact) mass is 454 g/mol. The molecule has 0 atom stereocenters. The quantitative estimate of drug-likeness (QED) is 0.218. The summed E-state index contributed by atoms with van der Waals surface area (Å²) in [5.41, 5.74) is 3.23. The number of fused-ring (bicyclic) bond motifs is 4. The maximum absolute atomic E-state index is 13.1. The molecule has 0 saturated carbocycles. The van der Waals surface area contributed by atoms with E-state index in [-0.39, 0.29) is 17.1 Å². The predicted octanol–water partition coefficient (Wildman–Crippen LogP) is 6.60. The Kier molecular flexibility index (Phi) is 4.00. The van der Waals surface area contributed by atoms with Crippen molar-refractivity contribution in [1.82, 2.24) is 9.55 Å². The van der Waals surface area contributed by atoms with Crippen LogP contribution in [0.3, 0.4) is 0 Å². The average Bonchev–Trinajstić information content (AvgIpc) is 3.50.